The van der Waals surface area contributed by atoms with E-state index in [0.29, 0.717) is 0 Å². The number of benzene rings is 11. The molecule has 11 aromatic carbocycles. The van der Waals surface area contributed by atoms with Crippen LogP contribution in [-0.2, 0) is 10.8 Å². The highest BCUT2D eigenvalue weighted by Crippen LogP contribution is 2.65. The Morgan fingerprint density at radius 3 is 1.34 bits per heavy atom. The minimum absolute atomic E-state index is 0.454. The summed E-state index contributed by atoms with van der Waals surface area (Å²) in [6, 6.07) is 97.9. The molecule has 2 heteroatoms. The first kappa shape index (κ1) is 39.4. The number of anilines is 3. The van der Waals surface area contributed by atoms with E-state index in [9.17, 15) is 0 Å². The van der Waals surface area contributed by atoms with Crippen LogP contribution >= 0.6 is 11.3 Å². The molecule has 0 bridgehead atoms. The van der Waals surface area contributed by atoms with Gasteiger partial charge in [0, 0.05) is 37.1 Å². The van der Waals surface area contributed by atoms with E-state index in [4.69, 9.17) is 0 Å². The van der Waals surface area contributed by atoms with Gasteiger partial charge in [0.2, 0.25) is 0 Å². The van der Waals surface area contributed by atoms with E-state index in [1.54, 1.807) is 0 Å². The van der Waals surface area contributed by atoms with Crippen LogP contribution in [0.5, 0.6) is 0 Å². The van der Waals surface area contributed by atoms with Crippen molar-refractivity contribution in [2.45, 2.75) is 10.8 Å². The molecule has 0 aliphatic heterocycles. The molecule has 326 valence electrons. The largest absolute Gasteiger partial charge is 0.310 e. The van der Waals surface area contributed by atoms with Crippen LogP contribution < -0.4 is 4.90 Å². The van der Waals surface area contributed by atoms with Crippen molar-refractivity contribution in [2.24, 2.45) is 0 Å². The molecule has 3 aliphatic rings. The van der Waals surface area contributed by atoms with Gasteiger partial charge in [0.1, 0.15) is 0 Å². The van der Waals surface area contributed by atoms with E-state index >= 15 is 0 Å². The van der Waals surface area contributed by atoms with Gasteiger partial charge in [0.05, 0.1) is 16.5 Å². The first-order valence-electron chi connectivity index (χ1n) is 24.3. The highest BCUT2D eigenvalue weighted by molar-refractivity contribution is 7.25. The third-order valence-corrected chi connectivity index (χ3v) is 16.9. The summed E-state index contributed by atoms with van der Waals surface area (Å²) in [4.78, 5) is 2.51. The number of hydrogen-bond acceptors (Lipinski definition) is 2. The highest BCUT2D eigenvalue weighted by atomic mass is 32.1. The molecule has 0 radical (unpaired) electrons. The van der Waals surface area contributed by atoms with Crippen LogP contribution in [0.25, 0.3) is 64.7 Å². The van der Waals surface area contributed by atoms with Crippen molar-refractivity contribution in [1.82, 2.24) is 0 Å². The van der Waals surface area contributed by atoms with Crippen LogP contribution in [0.1, 0.15) is 44.5 Å². The van der Waals surface area contributed by atoms with Crippen molar-refractivity contribution in [2.75, 3.05) is 4.90 Å². The molecule has 15 rings (SSSR count). The second kappa shape index (κ2) is 15.0. The predicted molar refractivity (Wildman–Crippen MR) is 293 cm³/mol. The Kier molecular flexibility index (Phi) is 8.43. The molecule has 0 atom stereocenters. The summed E-state index contributed by atoms with van der Waals surface area (Å²) < 4.78 is 2.64. The summed E-state index contributed by atoms with van der Waals surface area (Å²) in [5, 5.41) is 2.63. The number of hydrogen-bond donors (Lipinski definition) is 0. The molecule has 0 fully saturated rings. The molecule has 1 heterocycles. The molecular weight excluding hydrogens is 863 g/mol. The maximum atomic E-state index is 2.51. The fourth-order valence-corrected chi connectivity index (χ4v) is 14.1. The molecule has 1 nitrogen and oxygen atoms in total. The molecule has 12 aromatic rings. The second-order valence-corrected chi connectivity index (χ2v) is 20.1. The molecule has 0 N–H and O–H groups in total. The van der Waals surface area contributed by atoms with Gasteiger partial charge >= 0.3 is 0 Å². The number of thiophene rings is 1. The monoisotopic (exact) mass is 905 g/mol. The molecule has 1 aromatic heterocycles. The summed E-state index contributed by atoms with van der Waals surface area (Å²) in [6.45, 7) is 0. The Hall–Kier alpha value is -8.56. The predicted octanol–water partition coefficient (Wildman–Crippen LogP) is 17.9. The van der Waals surface area contributed by atoms with Gasteiger partial charge in [-0.2, -0.15) is 0 Å². The van der Waals surface area contributed by atoms with Gasteiger partial charge in [-0.3, -0.25) is 0 Å². The Balaban J connectivity index is 0.949. The van der Waals surface area contributed by atoms with Crippen LogP contribution in [0.3, 0.4) is 0 Å². The maximum absolute atomic E-state index is 2.51. The third kappa shape index (κ3) is 5.26. The zero-order chi connectivity index (χ0) is 46.0. The van der Waals surface area contributed by atoms with Crippen LogP contribution in [0.15, 0.2) is 261 Å². The number of nitrogens with zero attached hydrogens (tertiary/aromatic N) is 1. The molecule has 70 heavy (non-hydrogen) atoms. The van der Waals surface area contributed by atoms with E-state index in [-0.39, 0.29) is 0 Å². The quantitative estimate of drug-likeness (QED) is 0.161. The lowest BCUT2D eigenvalue weighted by Gasteiger charge is -2.35. The SMILES string of the molecule is c1ccc(C2(c3ccc(N(c4ccc(-c5ccc6sc7ccccc7c6c5)cc4)c4cccc5c4-c4ccccc4C54c5ccccc5-c5ccccc54)cc3)c3ccccc3-c3ccccc32)cc1. The van der Waals surface area contributed by atoms with Crippen molar-refractivity contribution in [3.63, 3.8) is 0 Å². The Bertz CT molecular complexity index is 3970. The zero-order valence-corrected chi connectivity index (χ0v) is 39.0. The van der Waals surface area contributed by atoms with Gasteiger partial charge in [-0.05, 0) is 132 Å². The van der Waals surface area contributed by atoms with Gasteiger partial charge < -0.3 is 4.90 Å². The average Bonchev–Trinajstić information content (AvgIpc) is 4.15. The van der Waals surface area contributed by atoms with Gasteiger partial charge in [0.25, 0.3) is 0 Å². The smallest absolute Gasteiger partial charge is 0.0726 e. The Morgan fingerprint density at radius 1 is 0.286 bits per heavy atom. The van der Waals surface area contributed by atoms with Crippen molar-refractivity contribution >= 4 is 48.6 Å². The van der Waals surface area contributed by atoms with Crippen LogP contribution in [-0.4, -0.2) is 0 Å². The minimum atomic E-state index is -0.489. The van der Waals surface area contributed by atoms with Crippen molar-refractivity contribution in [3.05, 3.63) is 305 Å². The Labute approximate surface area is 411 Å². The maximum Gasteiger partial charge on any atom is 0.0726 e. The lowest BCUT2D eigenvalue weighted by molar-refractivity contribution is 0.768. The first-order chi connectivity index (χ1) is 34.7. The van der Waals surface area contributed by atoms with E-state index < -0.39 is 10.8 Å². The van der Waals surface area contributed by atoms with Crippen LogP contribution in [0.4, 0.5) is 17.1 Å². The fraction of sp³-hybridized carbons (Fsp3) is 0.0294. The Morgan fingerprint density at radius 2 is 0.729 bits per heavy atom. The van der Waals surface area contributed by atoms with E-state index in [1.807, 2.05) is 11.3 Å². The van der Waals surface area contributed by atoms with Crippen LogP contribution in [0, 0.1) is 0 Å². The molecule has 0 amide bonds. The van der Waals surface area contributed by atoms with Gasteiger partial charge in [0.15, 0.2) is 0 Å². The van der Waals surface area contributed by atoms with Gasteiger partial charge in [-0.25, -0.2) is 0 Å². The highest BCUT2D eigenvalue weighted by Gasteiger charge is 2.52. The van der Waals surface area contributed by atoms with E-state index in [2.05, 4.69) is 266 Å². The standard InChI is InChI=1S/C68H43NS/c1-2-17-46(18-3-1)67(57-25-10-4-19-50(57)51-20-5-11-26-58(51)67)47-36-40-49(41-37-47)69(48-38-33-44(34-39-48)45-35-42-65-56(43-45)54-23-9-15-32-64(54)70-65)63-31-16-30-62-66(63)55-24-8-14-29-61(55)68(62)59-27-12-6-21-52(59)53-22-7-13-28-60(53)68/h1-43H. The average molecular weight is 906 g/mol. The van der Waals surface area contributed by atoms with E-state index in [0.717, 1.165) is 17.1 Å². The second-order valence-electron chi connectivity index (χ2n) is 19.0. The lowest BCUT2D eigenvalue weighted by Crippen LogP contribution is -2.28. The summed E-state index contributed by atoms with van der Waals surface area (Å²) >= 11 is 1.87. The summed E-state index contributed by atoms with van der Waals surface area (Å²) in [5.41, 5.74) is 23.1. The van der Waals surface area contributed by atoms with Crippen molar-refractivity contribution in [1.29, 1.82) is 0 Å². The van der Waals surface area contributed by atoms with Crippen molar-refractivity contribution < 1.29 is 0 Å². The fourth-order valence-electron chi connectivity index (χ4n) is 13.0. The normalized spacial score (nSPS) is 13.9. The molecule has 0 unspecified atom stereocenters. The molecule has 3 aliphatic carbocycles. The van der Waals surface area contributed by atoms with Crippen LogP contribution in [0.2, 0.25) is 0 Å². The minimum Gasteiger partial charge on any atom is -0.310 e. The molecule has 0 saturated heterocycles. The molecule has 0 saturated carbocycles. The lowest BCUT2D eigenvalue weighted by atomic mass is 9.68. The number of fused-ring (bicyclic) bond motifs is 16. The van der Waals surface area contributed by atoms with E-state index in [1.165, 1.54) is 109 Å². The van der Waals surface area contributed by atoms with Gasteiger partial charge in [-0.15, -0.1) is 11.3 Å². The molecular formula is C68H43NS. The zero-order valence-electron chi connectivity index (χ0n) is 38.2. The summed E-state index contributed by atoms with van der Waals surface area (Å²) in [7, 11) is 0. The summed E-state index contributed by atoms with van der Waals surface area (Å²) in [6.07, 6.45) is 0. The summed E-state index contributed by atoms with van der Waals surface area (Å²) in [5.74, 6) is 0. The van der Waals surface area contributed by atoms with Crippen molar-refractivity contribution in [3.8, 4) is 44.5 Å². The molecule has 1 spiro atoms. The third-order valence-electron chi connectivity index (χ3n) is 15.8. The first-order valence-corrected chi connectivity index (χ1v) is 25.1. The topological polar surface area (TPSA) is 3.24 Å². The number of rotatable bonds is 6. The van der Waals surface area contributed by atoms with Gasteiger partial charge in [-0.1, -0.05) is 212 Å².